The van der Waals surface area contributed by atoms with Crippen LogP contribution in [0.25, 0.3) is 0 Å². The zero-order valence-electron chi connectivity index (χ0n) is 11.8. The van der Waals surface area contributed by atoms with Gasteiger partial charge in [0.1, 0.15) is 0 Å². The molecule has 2 saturated carbocycles. The lowest BCUT2D eigenvalue weighted by atomic mass is 9.82. The van der Waals surface area contributed by atoms with Crippen molar-refractivity contribution in [2.24, 2.45) is 29.1 Å². The summed E-state index contributed by atoms with van der Waals surface area (Å²) in [5.41, 5.74) is 0.695. The van der Waals surface area contributed by atoms with Crippen molar-refractivity contribution in [1.82, 2.24) is 0 Å². The number of allylic oxidation sites excluding steroid dienone is 2. The summed E-state index contributed by atoms with van der Waals surface area (Å²) in [4.78, 5) is 24.4. The van der Waals surface area contributed by atoms with Gasteiger partial charge in [-0.2, -0.15) is 0 Å². The molecule has 0 aromatic heterocycles. The van der Waals surface area contributed by atoms with E-state index < -0.39 is 17.8 Å². The molecular weight excluding hydrogens is 302 g/mol. The number of carbonyl (C=O) groups excluding carboxylic acids is 1. The second kappa shape index (κ2) is 4.59. The number of nitrogens with one attached hydrogen (secondary N) is 1. The summed E-state index contributed by atoms with van der Waals surface area (Å²) in [6.07, 6.45) is 6.14. The fourth-order valence-electron chi connectivity index (χ4n) is 4.45. The van der Waals surface area contributed by atoms with Crippen LogP contribution < -0.4 is 5.32 Å². The van der Waals surface area contributed by atoms with E-state index in [1.807, 2.05) is 6.08 Å². The zero-order chi connectivity index (χ0) is 15.5. The van der Waals surface area contributed by atoms with Gasteiger partial charge in [0.15, 0.2) is 0 Å². The molecule has 2 N–H and O–H groups in total. The van der Waals surface area contributed by atoms with E-state index in [4.69, 9.17) is 11.6 Å². The third-order valence-electron chi connectivity index (χ3n) is 5.54. The molecule has 4 atom stereocenters. The first-order valence-electron chi connectivity index (χ1n) is 7.50. The molecule has 3 aliphatic rings. The number of benzene rings is 1. The number of carboxylic acid groups (broad SMARTS) is 1. The van der Waals surface area contributed by atoms with Crippen LogP contribution in [0.2, 0.25) is 5.02 Å². The van der Waals surface area contributed by atoms with Crippen molar-refractivity contribution in [1.29, 1.82) is 0 Å². The molecule has 4 nitrogen and oxygen atoms in total. The second-order valence-electron chi connectivity index (χ2n) is 6.56. The molecule has 5 heteroatoms. The molecule has 2 fully saturated rings. The van der Waals surface area contributed by atoms with Gasteiger partial charge in [0.05, 0.1) is 11.8 Å². The van der Waals surface area contributed by atoms with E-state index in [9.17, 15) is 14.7 Å². The average Bonchev–Trinajstić information content (AvgIpc) is 3.15. The Labute approximate surface area is 133 Å². The van der Waals surface area contributed by atoms with E-state index in [1.54, 1.807) is 24.3 Å². The molecule has 0 radical (unpaired) electrons. The minimum atomic E-state index is -0.862. The molecule has 3 aliphatic carbocycles. The van der Waals surface area contributed by atoms with Gasteiger partial charge in [0.2, 0.25) is 5.91 Å². The molecule has 4 rings (SSSR count). The summed E-state index contributed by atoms with van der Waals surface area (Å²) >= 11 is 5.84. The summed E-state index contributed by atoms with van der Waals surface area (Å²) in [5, 5.41) is 13.0. The number of carbonyl (C=O) groups is 2. The monoisotopic (exact) mass is 317 g/mol. The van der Waals surface area contributed by atoms with Crippen molar-refractivity contribution in [2.75, 3.05) is 5.32 Å². The maximum absolute atomic E-state index is 12.7. The van der Waals surface area contributed by atoms with Gasteiger partial charge in [-0.1, -0.05) is 23.8 Å². The number of carboxylic acids is 1. The van der Waals surface area contributed by atoms with Crippen molar-refractivity contribution < 1.29 is 14.7 Å². The summed E-state index contributed by atoms with van der Waals surface area (Å²) in [7, 11) is 0. The van der Waals surface area contributed by atoms with E-state index >= 15 is 0 Å². The molecule has 2 bridgehead atoms. The third kappa shape index (κ3) is 1.83. The highest BCUT2D eigenvalue weighted by Crippen LogP contribution is 2.72. The van der Waals surface area contributed by atoms with E-state index in [0.717, 1.165) is 12.8 Å². The molecule has 114 valence electrons. The Balaban J connectivity index is 1.60. The first kappa shape index (κ1) is 13.8. The maximum Gasteiger partial charge on any atom is 0.307 e. The molecule has 1 amide bonds. The number of hydrogen-bond donors (Lipinski definition) is 2. The Bertz CT molecular complexity index is 678. The van der Waals surface area contributed by atoms with Crippen LogP contribution in [0.5, 0.6) is 0 Å². The van der Waals surface area contributed by atoms with Gasteiger partial charge in [0.25, 0.3) is 0 Å². The molecule has 0 unspecified atom stereocenters. The number of hydrogen-bond acceptors (Lipinski definition) is 2. The third-order valence-corrected chi connectivity index (χ3v) is 5.79. The molecule has 0 saturated heterocycles. The standard InChI is InChI=1S/C17H16ClNO3/c18-9-1-3-10(4-2-9)19-15(20)13-11-5-6-12(14(13)16(21)22)17(11)7-8-17/h1-6,11-14H,7-8H2,(H,19,20)(H,21,22)/t11-,12-,13-,14-/m1/s1. The average molecular weight is 318 g/mol. The second-order valence-corrected chi connectivity index (χ2v) is 6.99. The number of rotatable bonds is 3. The molecular formula is C17H16ClNO3. The lowest BCUT2D eigenvalue weighted by molar-refractivity contribution is -0.146. The Morgan fingerprint density at radius 1 is 1.09 bits per heavy atom. The quantitative estimate of drug-likeness (QED) is 0.841. The Morgan fingerprint density at radius 3 is 2.23 bits per heavy atom. The summed E-state index contributed by atoms with van der Waals surface area (Å²) in [6.45, 7) is 0. The van der Waals surface area contributed by atoms with Crippen LogP contribution in [0.4, 0.5) is 5.69 Å². The Hall–Kier alpha value is -1.81. The predicted octanol–water partition coefficient (Wildman–Crippen LogP) is 3.19. The minimum absolute atomic E-state index is 0.0102. The number of aliphatic carboxylic acids is 1. The SMILES string of the molecule is O=C(O)[C@H]1[C@H](C(=O)Nc2ccc(Cl)cc2)[C@H]2C=C[C@H]1C21CC1. The molecule has 0 aliphatic heterocycles. The van der Waals surface area contributed by atoms with Crippen LogP contribution in [-0.2, 0) is 9.59 Å². The van der Waals surface area contributed by atoms with Crippen molar-refractivity contribution in [3.8, 4) is 0 Å². The van der Waals surface area contributed by atoms with Crippen LogP contribution >= 0.6 is 11.6 Å². The smallest absolute Gasteiger partial charge is 0.307 e. The summed E-state index contributed by atoms with van der Waals surface area (Å²) in [5.74, 6) is -2.07. The highest BCUT2D eigenvalue weighted by Gasteiger charge is 2.70. The van der Waals surface area contributed by atoms with Gasteiger partial charge in [-0.25, -0.2) is 0 Å². The number of halogens is 1. The zero-order valence-corrected chi connectivity index (χ0v) is 12.6. The van der Waals surface area contributed by atoms with Crippen LogP contribution in [0, 0.1) is 29.1 Å². The summed E-state index contributed by atoms with van der Waals surface area (Å²) < 4.78 is 0. The predicted molar refractivity (Wildman–Crippen MR) is 82.5 cm³/mol. The molecule has 1 spiro atoms. The normalized spacial score (nSPS) is 33.1. The Kier molecular flexibility index (Phi) is 2.89. The lowest BCUT2D eigenvalue weighted by Gasteiger charge is -2.23. The highest BCUT2D eigenvalue weighted by molar-refractivity contribution is 6.30. The van der Waals surface area contributed by atoms with Gasteiger partial charge >= 0.3 is 5.97 Å². The van der Waals surface area contributed by atoms with Crippen molar-refractivity contribution in [2.45, 2.75) is 12.8 Å². The topological polar surface area (TPSA) is 66.4 Å². The van der Waals surface area contributed by atoms with Crippen molar-refractivity contribution in [3.05, 3.63) is 41.4 Å². The van der Waals surface area contributed by atoms with E-state index in [-0.39, 0.29) is 23.2 Å². The number of anilines is 1. The molecule has 1 aromatic carbocycles. The lowest BCUT2D eigenvalue weighted by Crippen LogP contribution is -2.36. The minimum Gasteiger partial charge on any atom is -0.481 e. The Morgan fingerprint density at radius 2 is 1.68 bits per heavy atom. The van der Waals surface area contributed by atoms with Crippen LogP contribution in [-0.4, -0.2) is 17.0 Å². The van der Waals surface area contributed by atoms with Crippen molar-refractivity contribution in [3.63, 3.8) is 0 Å². The van der Waals surface area contributed by atoms with Crippen molar-refractivity contribution >= 4 is 29.2 Å². The molecule has 0 heterocycles. The van der Waals surface area contributed by atoms with Gasteiger partial charge in [-0.3, -0.25) is 9.59 Å². The van der Waals surface area contributed by atoms with Gasteiger partial charge in [-0.15, -0.1) is 0 Å². The van der Waals surface area contributed by atoms with E-state index in [1.165, 1.54) is 0 Å². The largest absolute Gasteiger partial charge is 0.481 e. The fourth-order valence-corrected chi connectivity index (χ4v) is 4.58. The van der Waals surface area contributed by atoms with Gasteiger partial charge in [0, 0.05) is 10.7 Å². The van der Waals surface area contributed by atoms with Crippen LogP contribution in [0.3, 0.4) is 0 Å². The summed E-state index contributed by atoms with van der Waals surface area (Å²) in [6, 6.07) is 6.86. The van der Waals surface area contributed by atoms with E-state index in [2.05, 4.69) is 11.4 Å². The first-order chi connectivity index (χ1) is 10.5. The molecule has 22 heavy (non-hydrogen) atoms. The maximum atomic E-state index is 12.7. The van der Waals surface area contributed by atoms with Gasteiger partial charge < -0.3 is 10.4 Å². The number of amides is 1. The van der Waals surface area contributed by atoms with Gasteiger partial charge in [-0.05, 0) is 54.4 Å². The van der Waals surface area contributed by atoms with Crippen LogP contribution in [0.15, 0.2) is 36.4 Å². The highest BCUT2D eigenvalue weighted by atomic mass is 35.5. The fraction of sp³-hybridized carbons (Fsp3) is 0.412. The molecule has 1 aromatic rings. The van der Waals surface area contributed by atoms with E-state index in [0.29, 0.717) is 10.7 Å². The first-order valence-corrected chi connectivity index (χ1v) is 7.88. The van der Waals surface area contributed by atoms with Crippen LogP contribution in [0.1, 0.15) is 12.8 Å².